The summed E-state index contributed by atoms with van der Waals surface area (Å²) in [5.74, 6) is -0.457. The Balaban J connectivity index is 2.74. The highest BCUT2D eigenvalue weighted by Crippen LogP contribution is 2.31. The molecule has 112 valence electrons. The highest BCUT2D eigenvalue weighted by Gasteiger charge is 2.31. The highest BCUT2D eigenvalue weighted by atomic mass is 35.5. The lowest BCUT2D eigenvalue weighted by Gasteiger charge is -2.20. The Morgan fingerprint density at radius 2 is 1.90 bits per heavy atom. The first-order valence-corrected chi connectivity index (χ1v) is 6.15. The summed E-state index contributed by atoms with van der Waals surface area (Å²) < 4.78 is 37.7. The van der Waals surface area contributed by atoms with Crippen molar-refractivity contribution >= 4 is 23.3 Å². The molecule has 0 fully saturated rings. The molecule has 0 bridgehead atoms. The van der Waals surface area contributed by atoms with Crippen molar-refractivity contribution in [1.82, 2.24) is 10.3 Å². The number of hydrogen-bond donors (Lipinski definition) is 2. The van der Waals surface area contributed by atoms with E-state index in [0.29, 0.717) is 0 Å². The minimum Gasteiger partial charge on any atom is -0.361 e. The van der Waals surface area contributed by atoms with Crippen molar-refractivity contribution < 1.29 is 18.0 Å². The summed E-state index contributed by atoms with van der Waals surface area (Å²) >= 11 is 5.53. The molecule has 0 aliphatic carbocycles. The van der Waals surface area contributed by atoms with Crippen LogP contribution in [0.3, 0.4) is 0 Å². The van der Waals surface area contributed by atoms with Crippen molar-refractivity contribution in [2.45, 2.75) is 32.5 Å². The Hall–Kier alpha value is -1.50. The molecule has 8 heteroatoms. The molecule has 2 N–H and O–H groups in total. The van der Waals surface area contributed by atoms with Crippen LogP contribution in [0, 0.1) is 0 Å². The molecule has 1 heterocycles. The van der Waals surface area contributed by atoms with Crippen LogP contribution >= 0.6 is 11.6 Å². The lowest BCUT2D eigenvalue weighted by atomic mass is 10.1. The SMILES string of the molecule is CC(C)(C)NC(=O)CNc1cc(C(F)(F)F)cc(Cl)n1. The minimum absolute atomic E-state index is 0.103. The molecule has 0 saturated heterocycles. The van der Waals surface area contributed by atoms with Gasteiger partial charge in [-0.2, -0.15) is 13.2 Å². The number of nitrogens with one attached hydrogen (secondary N) is 2. The van der Waals surface area contributed by atoms with Gasteiger partial charge in [0.1, 0.15) is 11.0 Å². The molecular formula is C12H15ClF3N3O. The van der Waals surface area contributed by atoms with Crippen molar-refractivity contribution in [3.8, 4) is 0 Å². The molecule has 4 nitrogen and oxygen atoms in total. The summed E-state index contributed by atoms with van der Waals surface area (Å²) in [6, 6.07) is 1.53. The van der Waals surface area contributed by atoms with Gasteiger partial charge < -0.3 is 10.6 Å². The third kappa shape index (κ3) is 5.64. The molecule has 1 aromatic rings. The Bertz CT molecular complexity index is 498. The van der Waals surface area contributed by atoms with Gasteiger partial charge in [0.2, 0.25) is 5.91 Å². The number of aromatic nitrogens is 1. The second-order valence-corrected chi connectivity index (χ2v) is 5.60. The molecule has 0 radical (unpaired) electrons. The monoisotopic (exact) mass is 309 g/mol. The summed E-state index contributed by atoms with van der Waals surface area (Å²) in [6.07, 6.45) is -4.52. The fourth-order valence-corrected chi connectivity index (χ4v) is 1.59. The number of hydrogen-bond acceptors (Lipinski definition) is 3. The third-order valence-electron chi connectivity index (χ3n) is 2.07. The lowest BCUT2D eigenvalue weighted by molar-refractivity contribution is -0.137. The Labute approximate surface area is 119 Å². The number of pyridine rings is 1. The van der Waals surface area contributed by atoms with Gasteiger partial charge >= 0.3 is 6.18 Å². The van der Waals surface area contributed by atoms with Crippen LogP contribution in [0.1, 0.15) is 26.3 Å². The molecule has 20 heavy (non-hydrogen) atoms. The number of rotatable bonds is 3. The number of anilines is 1. The quantitative estimate of drug-likeness (QED) is 0.844. The summed E-state index contributed by atoms with van der Waals surface area (Å²) in [7, 11) is 0. The molecule has 0 atom stereocenters. The van der Waals surface area contributed by atoms with Crippen molar-refractivity contribution in [3.63, 3.8) is 0 Å². The fourth-order valence-electron chi connectivity index (χ4n) is 1.38. The molecule has 0 unspecified atom stereocenters. The molecule has 0 aliphatic heterocycles. The molecular weight excluding hydrogens is 295 g/mol. The van der Waals surface area contributed by atoms with Gasteiger partial charge in [0.25, 0.3) is 0 Å². The zero-order valence-corrected chi connectivity index (χ0v) is 12.0. The van der Waals surface area contributed by atoms with Crippen LogP contribution in [0.15, 0.2) is 12.1 Å². The van der Waals surface area contributed by atoms with Crippen molar-refractivity contribution in [3.05, 3.63) is 22.8 Å². The average molecular weight is 310 g/mol. The van der Waals surface area contributed by atoms with E-state index in [1.54, 1.807) is 20.8 Å². The maximum Gasteiger partial charge on any atom is 0.416 e. The van der Waals surface area contributed by atoms with Gasteiger partial charge in [-0.15, -0.1) is 0 Å². The molecule has 1 aromatic heterocycles. The van der Waals surface area contributed by atoms with Crippen LogP contribution in [0.2, 0.25) is 5.15 Å². The zero-order chi connectivity index (χ0) is 15.6. The highest BCUT2D eigenvalue weighted by molar-refractivity contribution is 6.29. The summed E-state index contributed by atoms with van der Waals surface area (Å²) in [4.78, 5) is 15.2. The number of carbonyl (C=O) groups is 1. The Morgan fingerprint density at radius 1 is 1.30 bits per heavy atom. The lowest BCUT2D eigenvalue weighted by Crippen LogP contribution is -2.43. The standard InChI is InChI=1S/C12H15ClF3N3O/c1-11(2,3)19-10(20)6-17-9-5-7(12(14,15)16)4-8(13)18-9/h4-5H,6H2,1-3H3,(H,17,18)(H,19,20). The van der Waals surface area contributed by atoms with Crippen LogP contribution in [-0.2, 0) is 11.0 Å². The molecule has 0 saturated carbocycles. The number of halogens is 4. The predicted molar refractivity (Wildman–Crippen MR) is 70.6 cm³/mol. The van der Waals surface area contributed by atoms with Gasteiger partial charge in [-0.25, -0.2) is 4.98 Å². The maximum atomic E-state index is 12.6. The maximum absolute atomic E-state index is 12.6. The predicted octanol–water partition coefficient (Wildman–Crippen LogP) is 3.08. The number of alkyl halides is 3. The molecule has 1 amide bonds. The van der Waals surface area contributed by atoms with Gasteiger partial charge in [0, 0.05) is 5.54 Å². The smallest absolute Gasteiger partial charge is 0.361 e. The normalized spacial score (nSPS) is 12.2. The number of amides is 1. The average Bonchev–Trinajstić information content (AvgIpc) is 2.22. The van der Waals surface area contributed by atoms with Crippen LogP contribution < -0.4 is 10.6 Å². The van der Waals surface area contributed by atoms with E-state index in [4.69, 9.17) is 11.6 Å². The van der Waals surface area contributed by atoms with Crippen molar-refractivity contribution in [1.29, 1.82) is 0 Å². The fraction of sp³-hybridized carbons (Fsp3) is 0.500. The summed E-state index contributed by atoms with van der Waals surface area (Å²) in [5.41, 5.74) is -1.34. The van der Waals surface area contributed by atoms with Crippen LogP contribution in [0.5, 0.6) is 0 Å². The van der Waals surface area contributed by atoms with Gasteiger partial charge in [0.15, 0.2) is 0 Å². The van der Waals surface area contributed by atoms with Gasteiger partial charge in [-0.3, -0.25) is 4.79 Å². The molecule has 0 aliphatic rings. The van der Waals surface area contributed by atoms with E-state index in [-0.39, 0.29) is 23.4 Å². The van der Waals surface area contributed by atoms with E-state index in [0.717, 1.165) is 12.1 Å². The van der Waals surface area contributed by atoms with E-state index in [1.807, 2.05) is 0 Å². The second kappa shape index (κ2) is 5.87. The second-order valence-electron chi connectivity index (χ2n) is 5.21. The van der Waals surface area contributed by atoms with Gasteiger partial charge in [-0.05, 0) is 32.9 Å². The Kier molecular flexibility index (Phi) is 4.86. The summed E-state index contributed by atoms with van der Waals surface area (Å²) in [5, 5.41) is 4.88. The molecule has 1 rings (SSSR count). The van der Waals surface area contributed by atoms with Gasteiger partial charge in [0.05, 0.1) is 12.1 Å². The first kappa shape index (κ1) is 16.6. The van der Waals surface area contributed by atoms with E-state index >= 15 is 0 Å². The third-order valence-corrected chi connectivity index (χ3v) is 2.26. The first-order chi connectivity index (χ1) is 8.97. The largest absolute Gasteiger partial charge is 0.416 e. The van der Waals surface area contributed by atoms with Crippen LogP contribution in [0.4, 0.5) is 19.0 Å². The van der Waals surface area contributed by atoms with E-state index in [1.165, 1.54) is 0 Å². The van der Waals surface area contributed by atoms with Crippen molar-refractivity contribution in [2.75, 3.05) is 11.9 Å². The van der Waals surface area contributed by atoms with Crippen LogP contribution in [0.25, 0.3) is 0 Å². The minimum atomic E-state index is -4.52. The van der Waals surface area contributed by atoms with Crippen molar-refractivity contribution in [2.24, 2.45) is 0 Å². The Morgan fingerprint density at radius 3 is 2.40 bits per heavy atom. The first-order valence-electron chi connectivity index (χ1n) is 5.77. The number of nitrogens with zero attached hydrogens (tertiary/aromatic N) is 1. The topological polar surface area (TPSA) is 54.0 Å². The summed E-state index contributed by atoms with van der Waals surface area (Å²) in [6.45, 7) is 5.20. The van der Waals surface area contributed by atoms with Gasteiger partial charge in [-0.1, -0.05) is 11.6 Å². The zero-order valence-electron chi connectivity index (χ0n) is 11.2. The van der Waals surface area contributed by atoms with E-state index < -0.39 is 17.3 Å². The molecule has 0 spiro atoms. The van der Waals surface area contributed by atoms with Crippen LogP contribution in [-0.4, -0.2) is 23.0 Å². The van der Waals surface area contributed by atoms with E-state index in [2.05, 4.69) is 15.6 Å². The van der Waals surface area contributed by atoms with E-state index in [9.17, 15) is 18.0 Å². The number of carbonyl (C=O) groups excluding carboxylic acids is 1. The molecule has 0 aromatic carbocycles.